The zero-order valence-corrected chi connectivity index (χ0v) is 10.9. The van der Waals surface area contributed by atoms with Crippen LogP contribution in [0.2, 0.25) is 0 Å². The monoisotopic (exact) mass is 250 g/mol. The zero-order valence-electron chi connectivity index (χ0n) is 10.1. The van der Waals surface area contributed by atoms with Gasteiger partial charge in [0.1, 0.15) is 0 Å². The van der Waals surface area contributed by atoms with E-state index in [1.54, 1.807) is 11.3 Å². The van der Waals surface area contributed by atoms with E-state index in [-0.39, 0.29) is 5.92 Å². The molecule has 1 amide bonds. The highest BCUT2D eigenvalue weighted by atomic mass is 32.1. The third-order valence-corrected chi connectivity index (χ3v) is 4.73. The Kier molecular flexibility index (Phi) is 2.92. The van der Waals surface area contributed by atoms with Crippen molar-refractivity contribution in [3.63, 3.8) is 0 Å². The molecule has 3 rings (SSSR count). The molecule has 1 aromatic rings. The highest BCUT2D eigenvalue weighted by Gasteiger charge is 2.43. The molecule has 2 bridgehead atoms. The molecule has 92 valence electrons. The predicted octanol–water partition coefficient (Wildman–Crippen LogP) is 1.85. The van der Waals surface area contributed by atoms with E-state index in [0.717, 1.165) is 13.0 Å². The van der Waals surface area contributed by atoms with Crippen molar-refractivity contribution in [1.29, 1.82) is 0 Å². The van der Waals surface area contributed by atoms with Gasteiger partial charge in [0.25, 0.3) is 0 Å². The third kappa shape index (κ3) is 2.11. The number of nitrogens with zero attached hydrogens (tertiary/aromatic N) is 1. The highest BCUT2D eigenvalue weighted by molar-refractivity contribution is 7.07. The van der Waals surface area contributed by atoms with E-state index >= 15 is 0 Å². The van der Waals surface area contributed by atoms with Gasteiger partial charge in [-0.25, -0.2) is 0 Å². The van der Waals surface area contributed by atoms with E-state index in [1.165, 1.54) is 18.4 Å². The molecule has 3 nitrogen and oxygen atoms in total. The maximum Gasteiger partial charge on any atom is 0.227 e. The summed E-state index contributed by atoms with van der Waals surface area (Å²) in [5, 5.41) is 7.70. The lowest BCUT2D eigenvalue weighted by Crippen LogP contribution is -2.38. The molecule has 0 spiro atoms. The van der Waals surface area contributed by atoms with E-state index in [4.69, 9.17) is 0 Å². The van der Waals surface area contributed by atoms with Crippen molar-refractivity contribution < 1.29 is 4.79 Å². The van der Waals surface area contributed by atoms with Crippen LogP contribution in [0, 0.1) is 5.92 Å². The van der Waals surface area contributed by atoms with Crippen LogP contribution >= 0.6 is 11.3 Å². The number of hydrogen-bond acceptors (Lipinski definition) is 3. The van der Waals surface area contributed by atoms with Gasteiger partial charge in [-0.2, -0.15) is 11.3 Å². The van der Waals surface area contributed by atoms with E-state index in [9.17, 15) is 4.79 Å². The average Bonchev–Trinajstić information content (AvgIpc) is 3.04. The minimum Gasteiger partial charge on any atom is -0.341 e. The first-order valence-electron chi connectivity index (χ1n) is 6.26. The van der Waals surface area contributed by atoms with Gasteiger partial charge in [0, 0.05) is 25.7 Å². The van der Waals surface area contributed by atoms with Crippen LogP contribution < -0.4 is 5.32 Å². The number of fused-ring (bicyclic) bond motifs is 2. The molecule has 3 heterocycles. The summed E-state index contributed by atoms with van der Waals surface area (Å²) < 4.78 is 0. The van der Waals surface area contributed by atoms with Crippen molar-refractivity contribution in [3.8, 4) is 0 Å². The van der Waals surface area contributed by atoms with Crippen LogP contribution in [-0.2, 0) is 11.3 Å². The van der Waals surface area contributed by atoms with Gasteiger partial charge in [0.05, 0.1) is 5.92 Å². The van der Waals surface area contributed by atoms with Gasteiger partial charge in [-0.15, -0.1) is 0 Å². The maximum absolute atomic E-state index is 12.4. The molecular formula is C13H18N2OS. The molecule has 2 aliphatic rings. The Morgan fingerprint density at radius 3 is 3.06 bits per heavy atom. The highest BCUT2D eigenvalue weighted by Crippen LogP contribution is 2.34. The van der Waals surface area contributed by atoms with Gasteiger partial charge in [-0.3, -0.25) is 4.79 Å². The topological polar surface area (TPSA) is 32.3 Å². The molecule has 2 saturated heterocycles. The second-order valence-electron chi connectivity index (χ2n) is 5.22. The number of carbonyl (C=O) groups is 1. The Hall–Kier alpha value is -0.870. The van der Waals surface area contributed by atoms with Crippen molar-refractivity contribution in [1.82, 2.24) is 10.2 Å². The summed E-state index contributed by atoms with van der Waals surface area (Å²) in [6.07, 6.45) is 3.47. The van der Waals surface area contributed by atoms with Gasteiger partial charge < -0.3 is 10.2 Å². The molecule has 0 aromatic carbocycles. The fraction of sp³-hybridized carbons (Fsp3) is 0.615. The number of amides is 1. The van der Waals surface area contributed by atoms with E-state index < -0.39 is 0 Å². The second-order valence-corrected chi connectivity index (χ2v) is 6.00. The number of hydrogen-bond donors (Lipinski definition) is 1. The van der Waals surface area contributed by atoms with Crippen molar-refractivity contribution in [2.45, 2.75) is 37.9 Å². The number of rotatable bonds is 3. The molecule has 4 heteroatoms. The predicted molar refractivity (Wildman–Crippen MR) is 68.8 cm³/mol. The van der Waals surface area contributed by atoms with Crippen LogP contribution in [0.5, 0.6) is 0 Å². The first-order chi connectivity index (χ1) is 8.24. The molecule has 17 heavy (non-hydrogen) atoms. The largest absolute Gasteiger partial charge is 0.341 e. The standard InChI is InChI=1S/C13H18N2OS/c1-15(7-9-4-5-17-8-9)13(16)11-6-10-2-3-12(11)14-10/h4-5,8,10-12,14H,2-3,6-7H2,1H3. The van der Waals surface area contributed by atoms with Gasteiger partial charge in [0.2, 0.25) is 5.91 Å². The Morgan fingerprint density at radius 1 is 1.59 bits per heavy atom. The quantitative estimate of drug-likeness (QED) is 0.888. The minimum atomic E-state index is 0.220. The lowest BCUT2D eigenvalue weighted by Gasteiger charge is -2.25. The van der Waals surface area contributed by atoms with E-state index in [2.05, 4.69) is 22.1 Å². The summed E-state index contributed by atoms with van der Waals surface area (Å²) in [4.78, 5) is 14.2. The minimum absolute atomic E-state index is 0.220. The second kappa shape index (κ2) is 4.42. The first-order valence-corrected chi connectivity index (χ1v) is 7.20. The SMILES string of the molecule is CN(Cc1ccsc1)C(=O)C1CC2CCC1N2. The van der Waals surface area contributed by atoms with Gasteiger partial charge >= 0.3 is 0 Å². The van der Waals surface area contributed by atoms with Crippen LogP contribution in [0.15, 0.2) is 16.8 Å². The summed E-state index contributed by atoms with van der Waals surface area (Å²) in [7, 11) is 1.92. The molecule has 2 aliphatic heterocycles. The summed E-state index contributed by atoms with van der Waals surface area (Å²) in [5.41, 5.74) is 1.24. The Balaban J connectivity index is 1.62. The van der Waals surface area contributed by atoms with Gasteiger partial charge in [0.15, 0.2) is 0 Å². The van der Waals surface area contributed by atoms with Crippen molar-refractivity contribution in [2.24, 2.45) is 5.92 Å². The number of thiophene rings is 1. The molecule has 3 unspecified atom stereocenters. The maximum atomic E-state index is 12.4. The zero-order chi connectivity index (χ0) is 11.8. The molecule has 1 aromatic heterocycles. The normalized spacial score (nSPS) is 30.8. The van der Waals surface area contributed by atoms with Crippen LogP contribution in [0.25, 0.3) is 0 Å². The van der Waals surface area contributed by atoms with Gasteiger partial charge in [-0.1, -0.05) is 0 Å². The number of nitrogens with one attached hydrogen (secondary N) is 1. The Labute approximate surface area is 106 Å². The van der Waals surface area contributed by atoms with Crippen LogP contribution in [0.3, 0.4) is 0 Å². The van der Waals surface area contributed by atoms with Crippen LogP contribution in [0.1, 0.15) is 24.8 Å². The molecule has 0 aliphatic carbocycles. The van der Waals surface area contributed by atoms with Crippen molar-refractivity contribution >= 4 is 17.2 Å². The Morgan fingerprint density at radius 2 is 2.47 bits per heavy atom. The lowest BCUT2D eigenvalue weighted by molar-refractivity contribution is -0.135. The molecular weight excluding hydrogens is 232 g/mol. The van der Waals surface area contributed by atoms with Gasteiger partial charge in [-0.05, 0) is 41.7 Å². The average molecular weight is 250 g/mol. The van der Waals surface area contributed by atoms with E-state index in [0.29, 0.717) is 18.0 Å². The van der Waals surface area contributed by atoms with Crippen LogP contribution in [-0.4, -0.2) is 29.9 Å². The summed E-state index contributed by atoms with van der Waals surface area (Å²) >= 11 is 1.69. The molecule has 2 fully saturated rings. The molecule has 0 radical (unpaired) electrons. The smallest absolute Gasteiger partial charge is 0.227 e. The summed E-state index contributed by atoms with van der Waals surface area (Å²) in [5.74, 6) is 0.535. The van der Waals surface area contributed by atoms with Crippen LogP contribution in [0.4, 0.5) is 0 Å². The fourth-order valence-corrected chi connectivity index (χ4v) is 3.77. The molecule has 1 N–H and O–H groups in total. The first kappa shape index (κ1) is 11.2. The number of carbonyl (C=O) groups excluding carboxylic acids is 1. The lowest BCUT2D eigenvalue weighted by atomic mass is 9.88. The Bertz CT molecular complexity index is 404. The summed E-state index contributed by atoms with van der Waals surface area (Å²) in [6.45, 7) is 0.746. The van der Waals surface area contributed by atoms with Crippen molar-refractivity contribution in [3.05, 3.63) is 22.4 Å². The van der Waals surface area contributed by atoms with Crippen molar-refractivity contribution in [2.75, 3.05) is 7.05 Å². The summed E-state index contributed by atoms with van der Waals surface area (Å²) in [6, 6.07) is 3.13. The molecule has 3 atom stereocenters. The molecule has 0 saturated carbocycles. The fourth-order valence-electron chi connectivity index (χ4n) is 3.11. The van der Waals surface area contributed by atoms with E-state index in [1.807, 2.05) is 11.9 Å². The third-order valence-electron chi connectivity index (χ3n) is 3.99.